The van der Waals surface area contributed by atoms with Crippen LogP contribution >= 0.6 is 11.3 Å². The molecule has 2 rings (SSSR count). The Morgan fingerprint density at radius 1 is 1.22 bits per heavy atom. The van der Waals surface area contributed by atoms with Crippen LogP contribution in [0.5, 0.6) is 5.75 Å². The van der Waals surface area contributed by atoms with Crippen LogP contribution in [0.2, 0.25) is 0 Å². The van der Waals surface area contributed by atoms with Gasteiger partial charge in [-0.2, -0.15) is 0 Å². The van der Waals surface area contributed by atoms with Gasteiger partial charge in [-0.25, -0.2) is 0 Å². The third kappa shape index (κ3) is 5.60. The van der Waals surface area contributed by atoms with Gasteiger partial charge in [-0.1, -0.05) is 31.2 Å². The summed E-state index contributed by atoms with van der Waals surface area (Å²) in [5.41, 5.74) is 1.12. The SMILES string of the molecule is CN=C(NCc1ccccc1OC)NCC(C)Cc1cccs1. The number of guanidine groups is 1. The van der Waals surface area contributed by atoms with Gasteiger partial charge in [-0.05, 0) is 29.9 Å². The normalized spacial score (nSPS) is 12.7. The van der Waals surface area contributed by atoms with Gasteiger partial charge in [0.2, 0.25) is 0 Å². The van der Waals surface area contributed by atoms with Crippen LogP contribution in [-0.2, 0) is 13.0 Å². The summed E-state index contributed by atoms with van der Waals surface area (Å²) in [7, 11) is 3.49. The lowest BCUT2D eigenvalue weighted by Gasteiger charge is -2.16. The molecule has 1 atom stereocenters. The number of nitrogens with one attached hydrogen (secondary N) is 2. The molecule has 0 aliphatic rings. The van der Waals surface area contributed by atoms with Gasteiger partial charge in [0.05, 0.1) is 7.11 Å². The molecule has 0 spiro atoms. The quantitative estimate of drug-likeness (QED) is 0.604. The van der Waals surface area contributed by atoms with Crippen LogP contribution in [0.3, 0.4) is 0 Å². The highest BCUT2D eigenvalue weighted by Crippen LogP contribution is 2.16. The Hall–Kier alpha value is -2.01. The maximum absolute atomic E-state index is 5.37. The minimum Gasteiger partial charge on any atom is -0.496 e. The van der Waals surface area contributed by atoms with Crippen LogP contribution in [0.25, 0.3) is 0 Å². The predicted octanol–water partition coefficient (Wildman–Crippen LogP) is 3.30. The van der Waals surface area contributed by atoms with Crippen molar-refractivity contribution in [1.82, 2.24) is 10.6 Å². The van der Waals surface area contributed by atoms with E-state index in [4.69, 9.17) is 4.74 Å². The molecule has 0 saturated carbocycles. The Bertz CT molecular complexity index is 610. The average molecular weight is 331 g/mol. The zero-order valence-corrected chi connectivity index (χ0v) is 14.8. The first-order chi connectivity index (χ1) is 11.2. The van der Waals surface area contributed by atoms with Crippen molar-refractivity contribution in [3.8, 4) is 5.75 Å². The van der Waals surface area contributed by atoms with Crippen LogP contribution < -0.4 is 15.4 Å². The highest BCUT2D eigenvalue weighted by atomic mass is 32.1. The summed E-state index contributed by atoms with van der Waals surface area (Å²) in [6.45, 7) is 3.83. The average Bonchev–Trinajstić information content (AvgIpc) is 3.08. The predicted molar refractivity (Wildman–Crippen MR) is 98.4 cm³/mol. The summed E-state index contributed by atoms with van der Waals surface area (Å²) in [6, 6.07) is 12.3. The maximum atomic E-state index is 5.37. The molecule has 5 heteroatoms. The van der Waals surface area contributed by atoms with E-state index in [1.807, 2.05) is 29.5 Å². The lowest BCUT2D eigenvalue weighted by atomic mass is 10.1. The number of ether oxygens (including phenoxy) is 1. The third-order valence-corrected chi connectivity index (χ3v) is 4.51. The number of hydrogen-bond acceptors (Lipinski definition) is 3. The molecule has 124 valence electrons. The first kappa shape index (κ1) is 17.3. The Kier molecular flexibility index (Phi) is 6.94. The standard InChI is InChI=1S/C18H25N3OS/c1-14(11-16-8-6-10-23-16)12-20-18(19-2)21-13-15-7-4-5-9-17(15)22-3/h4-10,14H,11-13H2,1-3H3,(H2,19,20,21). The van der Waals surface area contributed by atoms with Gasteiger partial charge in [-0.15, -0.1) is 11.3 Å². The van der Waals surface area contributed by atoms with E-state index in [0.29, 0.717) is 12.5 Å². The topological polar surface area (TPSA) is 45.7 Å². The molecule has 0 radical (unpaired) electrons. The highest BCUT2D eigenvalue weighted by molar-refractivity contribution is 7.09. The van der Waals surface area contributed by atoms with Gasteiger partial charge < -0.3 is 15.4 Å². The van der Waals surface area contributed by atoms with Crippen LogP contribution in [0.15, 0.2) is 46.8 Å². The van der Waals surface area contributed by atoms with Crippen LogP contribution in [0.4, 0.5) is 0 Å². The van der Waals surface area contributed by atoms with Crippen LogP contribution in [0.1, 0.15) is 17.4 Å². The fourth-order valence-electron chi connectivity index (χ4n) is 2.36. The van der Waals surface area contributed by atoms with Gasteiger partial charge in [0, 0.05) is 30.6 Å². The van der Waals surface area contributed by atoms with Gasteiger partial charge >= 0.3 is 0 Å². The summed E-state index contributed by atoms with van der Waals surface area (Å²) in [4.78, 5) is 5.71. The molecular formula is C18H25N3OS. The molecule has 0 aliphatic carbocycles. The summed E-state index contributed by atoms with van der Waals surface area (Å²) < 4.78 is 5.37. The Balaban J connectivity index is 1.79. The Morgan fingerprint density at radius 2 is 2.04 bits per heavy atom. The summed E-state index contributed by atoms with van der Waals surface area (Å²) in [5.74, 6) is 2.26. The van der Waals surface area contributed by atoms with Gasteiger partial charge in [0.25, 0.3) is 0 Å². The number of benzene rings is 1. The van der Waals surface area contributed by atoms with Gasteiger partial charge in [0.1, 0.15) is 5.75 Å². The molecule has 0 bridgehead atoms. The highest BCUT2D eigenvalue weighted by Gasteiger charge is 2.07. The second-order valence-electron chi connectivity index (χ2n) is 5.51. The molecular weight excluding hydrogens is 306 g/mol. The van der Waals surface area contributed by atoms with E-state index in [2.05, 4.69) is 46.1 Å². The van der Waals surface area contributed by atoms with Crippen molar-refractivity contribution < 1.29 is 4.74 Å². The number of aliphatic imine (C=N–C) groups is 1. The van der Waals surface area contributed by atoms with Crippen molar-refractivity contribution in [3.63, 3.8) is 0 Å². The van der Waals surface area contributed by atoms with Gasteiger partial charge in [-0.3, -0.25) is 4.99 Å². The minimum atomic E-state index is 0.554. The lowest BCUT2D eigenvalue weighted by molar-refractivity contribution is 0.409. The van der Waals surface area contributed by atoms with Crippen molar-refractivity contribution in [2.24, 2.45) is 10.9 Å². The minimum absolute atomic E-state index is 0.554. The zero-order valence-electron chi connectivity index (χ0n) is 14.0. The Labute approximate surface area is 142 Å². The first-order valence-corrected chi connectivity index (χ1v) is 8.69. The molecule has 0 amide bonds. The number of hydrogen-bond donors (Lipinski definition) is 2. The Morgan fingerprint density at radius 3 is 2.74 bits per heavy atom. The van der Waals surface area contributed by atoms with Gasteiger partial charge in [0.15, 0.2) is 5.96 Å². The molecule has 0 fully saturated rings. The first-order valence-electron chi connectivity index (χ1n) is 7.81. The second kappa shape index (κ2) is 9.20. The molecule has 2 aromatic rings. The number of thiophene rings is 1. The van der Waals surface area contributed by atoms with Crippen LogP contribution in [0, 0.1) is 5.92 Å². The lowest BCUT2D eigenvalue weighted by Crippen LogP contribution is -2.39. The maximum Gasteiger partial charge on any atom is 0.191 e. The second-order valence-corrected chi connectivity index (χ2v) is 6.54. The summed E-state index contributed by atoms with van der Waals surface area (Å²) in [5, 5.41) is 8.86. The third-order valence-electron chi connectivity index (χ3n) is 3.61. The molecule has 1 aromatic carbocycles. The molecule has 0 aliphatic heterocycles. The fraction of sp³-hybridized carbons (Fsp3) is 0.389. The van der Waals surface area contributed by atoms with Crippen molar-refractivity contribution >= 4 is 17.3 Å². The molecule has 2 N–H and O–H groups in total. The van der Waals surface area contributed by atoms with Crippen molar-refractivity contribution in [2.75, 3.05) is 20.7 Å². The number of nitrogens with zero attached hydrogens (tertiary/aromatic N) is 1. The number of para-hydroxylation sites is 1. The molecule has 23 heavy (non-hydrogen) atoms. The fourth-order valence-corrected chi connectivity index (χ4v) is 3.23. The van der Waals surface area contributed by atoms with E-state index >= 15 is 0 Å². The zero-order chi connectivity index (χ0) is 16.5. The van der Waals surface area contributed by atoms with Crippen molar-refractivity contribution in [3.05, 3.63) is 52.2 Å². The number of methoxy groups -OCH3 is 1. The van der Waals surface area contributed by atoms with E-state index in [0.717, 1.165) is 30.2 Å². The summed E-state index contributed by atoms with van der Waals surface area (Å²) >= 11 is 1.82. The summed E-state index contributed by atoms with van der Waals surface area (Å²) in [6.07, 6.45) is 1.09. The van der Waals surface area contributed by atoms with Crippen molar-refractivity contribution in [2.45, 2.75) is 19.9 Å². The van der Waals surface area contributed by atoms with E-state index < -0.39 is 0 Å². The monoisotopic (exact) mass is 331 g/mol. The van der Waals surface area contributed by atoms with E-state index in [1.54, 1.807) is 14.2 Å². The van der Waals surface area contributed by atoms with E-state index in [9.17, 15) is 0 Å². The molecule has 1 heterocycles. The van der Waals surface area contributed by atoms with E-state index in [-0.39, 0.29) is 0 Å². The molecule has 4 nitrogen and oxygen atoms in total. The van der Waals surface area contributed by atoms with Crippen molar-refractivity contribution in [1.29, 1.82) is 0 Å². The molecule has 0 saturated heterocycles. The van der Waals surface area contributed by atoms with E-state index in [1.165, 1.54) is 4.88 Å². The van der Waals surface area contributed by atoms with Crippen LogP contribution in [-0.4, -0.2) is 26.7 Å². The molecule has 1 aromatic heterocycles. The molecule has 1 unspecified atom stereocenters. The largest absolute Gasteiger partial charge is 0.496 e. The smallest absolute Gasteiger partial charge is 0.191 e. The number of rotatable bonds is 7.